The summed E-state index contributed by atoms with van der Waals surface area (Å²) in [6.07, 6.45) is 6.44. The predicted octanol–water partition coefficient (Wildman–Crippen LogP) is 3.95. The third-order valence-corrected chi connectivity index (χ3v) is 2.77. The molecule has 1 radical (unpaired) electrons. The molecule has 0 unspecified atom stereocenters. The average molecular weight is 201 g/mol. The molecule has 1 aliphatic heterocycles. The second-order valence-corrected chi connectivity index (χ2v) is 3.92. The second-order valence-electron chi connectivity index (χ2n) is 3.92. The number of fused-ring (bicyclic) bond motifs is 1. The van der Waals surface area contributed by atoms with E-state index in [2.05, 4.69) is 31.2 Å². The molecule has 15 heavy (non-hydrogen) atoms. The molecule has 0 N–H and O–H groups in total. The van der Waals surface area contributed by atoms with Gasteiger partial charge < -0.3 is 4.74 Å². The summed E-state index contributed by atoms with van der Waals surface area (Å²) < 4.78 is 5.46. The molecule has 0 aromatic heterocycles. The molecule has 1 aromatic carbocycles. The smallest absolute Gasteiger partial charge is 0.113 e. The van der Waals surface area contributed by atoms with Gasteiger partial charge in [-0.15, -0.1) is 0 Å². The van der Waals surface area contributed by atoms with E-state index in [-0.39, 0.29) is 0 Å². The van der Waals surface area contributed by atoms with Gasteiger partial charge in [-0.25, -0.2) is 0 Å². The van der Waals surface area contributed by atoms with Crippen molar-refractivity contribution in [3.63, 3.8) is 0 Å². The van der Waals surface area contributed by atoms with E-state index in [9.17, 15) is 0 Å². The van der Waals surface area contributed by atoms with Gasteiger partial charge in [-0.3, -0.25) is 0 Å². The summed E-state index contributed by atoms with van der Waals surface area (Å²) in [6, 6.07) is 8.50. The van der Waals surface area contributed by atoms with Crippen molar-refractivity contribution < 1.29 is 4.74 Å². The molecular weight excluding hydrogens is 184 g/mol. The lowest BCUT2D eigenvalue weighted by molar-refractivity contribution is 0.232. The summed E-state index contributed by atoms with van der Waals surface area (Å²) >= 11 is 0. The van der Waals surface area contributed by atoms with E-state index in [1.54, 1.807) is 0 Å². The molecule has 1 heteroatoms. The summed E-state index contributed by atoms with van der Waals surface area (Å²) in [7, 11) is 0. The number of rotatable bonds is 4. The summed E-state index contributed by atoms with van der Waals surface area (Å²) in [5.74, 6) is 0. The predicted molar refractivity (Wildman–Crippen MR) is 63.0 cm³/mol. The lowest BCUT2D eigenvalue weighted by Crippen LogP contribution is -2.01. The van der Waals surface area contributed by atoms with E-state index in [0.29, 0.717) is 0 Å². The quantitative estimate of drug-likeness (QED) is 0.670. The first-order valence-corrected chi connectivity index (χ1v) is 5.60. The van der Waals surface area contributed by atoms with Crippen LogP contribution in [0.4, 0.5) is 0 Å². The molecule has 0 saturated carbocycles. The fraction of sp³-hybridized carbons (Fsp3) is 0.357. The molecule has 0 amide bonds. The zero-order chi connectivity index (χ0) is 10.5. The van der Waals surface area contributed by atoms with E-state index in [0.717, 1.165) is 19.4 Å². The SMILES string of the molecule is [CH2]CCCCC1=COCc2ccccc21. The van der Waals surface area contributed by atoms with Crippen molar-refractivity contribution in [2.24, 2.45) is 0 Å². The molecule has 1 nitrogen and oxygen atoms in total. The van der Waals surface area contributed by atoms with Crippen LogP contribution in [0.3, 0.4) is 0 Å². The Hall–Kier alpha value is -1.24. The van der Waals surface area contributed by atoms with Crippen molar-refractivity contribution in [3.05, 3.63) is 48.6 Å². The average Bonchev–Trinajstić information content (AvgIpc) is 2.30. The highest BCUT2D eigenvalue weighted by atomic mass is 16.5. The molecule has 0 atom stereocenters. The second kappa shape index (κ2) is 5.01. The Bertz CT molecular complexity index is 352. The summed E-state index contributed by atoms with van der Waals surface area (Å²) in [4.78, 5) is 0. The van der Waals surface area contributed by atoms with Crippen LogP contribution in [0.2, 0.25) is 0 Å². The zero-order valence-corrected chi connectivity index (χ0v) is 9.04. The minimum Gasteiger partial charge on any atom is -0.496 e. The number of hydrogen-bond acceptors (Lipinski definition) is 1. The molecule has 1 aromatic rings. The zero-order valence-electron chi connectivity index (χ0n) is 9.04. The van der Waals surface area contributed by atoms with Gasteiger partial charge in [0, 0.05) is 0 Å². The van der Waals surface area contributed by atoms with Crippen LogP contribution in [0.15, 0.2) is 30.5 Å². The summed E-state index contributed by atoms with van der Waals surface area (Å²) in [5.41, 5.74) is 4.02. The van der Waals surface area contributed by atoms with Crippen molar-refractivity contribution >= 4 is 5.57 Å². The van der Waals surface area contributed by atoms with Gasteiger partial charge in [0.25, 0.3) is 0 Å². The van der Waals surface area contributed by atoms with Crippen LogP contribution in [0.1, 0.15) is 36.8 Å². The Kier molecular flexibility index (Phi) is 3.44. The van der Waals surface area contributed by atoms with E-state index >= 15 is 0 Å². The lowest BCUT2D eigenvalue weighted by Gasteiger charge is -2.18. The van der Waals surface area contributed by atoms with Crippen molar-refractivity contribution in [1.82, 2.24) is 0 Å². The lowest BCUT2D eigenvalue weighted by atomic mass is 9.95. The third-order valence-electron chi connectivity index (χ3n) is 2.77. The highest BCUT2D eigenvalue weighted by molar-refractivity contribution is 5.68. The van der Waals surface area contributed by atoms with Crippen LogP contribution in [-0.2, 0) is 11.3 Å². The van der Waals surface area contributed by atoms with E-state index in [1.807, 2.05) is 6.26 Å². The van der Waals surface area contributed by atoms with Crippen molar-refractivity contribution in [1.29, 1.82) is 0 Å². The van der Waals surface area contributed by atoms with Gasteiger partial charge in [0.15, 0.2) is 0 Å². The van der Waals surface area contributed by atoms with Crippen LogP contribution < -0.4 is 0 Å². The van der Waals surface area contributed by atoms with Crippen molar-refractivity contribution in [3.8, 4) is 0 Å². The maximum atomic E-state index is 5.46. The van der Waals surface area contributed by atoms with Gasteiger partial charge >= 0.3 is 0 Å². The highest BCUT2D eigenvalue weighted by Crippen LogP contribution is 2.28. The summed E-state index contributed by atoms with van der Waals surface area (Å²) in [5, 5.41) is 0. The molecule has 2 rings (SSSR count). The molecule has 0 fully saturated rings. The normalized spacial score (nSPS) is 14.1. The molecule has 79 valence electrons. The Balaban J connectivity index is 2.09. The van der Waals surface area contributed by atoms with E-state index in [1.165, 1.54) is 29.5 Å². The van der Waals surface area contributed by atoms with Gasteiger partial charge in [0.1, 0.15) is 6.61 Å². The van der Waals surface area contributed by atoms with Crippen molar-refractivity contribution in [2.45, 2.75) is 32.3 Å². The Labute approximate surface area is 91.8 Å². The van der Waals surface area contributed by atoms with Crippen LogP contribution in [0.5, 0.6) is 0 Å². The van der Waals surface area contributed by atoms with Gasteiger partial charge in [-0.05, 0) is 29.5 Å². The largest absolute Gasteiger partial charge is 0.496 e. The number of ether oxygens (including phenoxy) is 1. The number of unbranched alkanes of at least 4 members (excludes halogenated alkanes) is 2. The standard InChI is InChI=1S/C14H17O/c1-2-3-4-7-12-10-15-11-13-8-5-6-9-14(12)13/h5-6,8-10H,1-4,7,11H2. The van der Waals surface area contributed by atoms with Gasteiger partial charge in [0.05, 0.1) is 6.26 Å². The number of hydrogen-bond donors (Lipinski definition) is 0. The van der Waals surface area contributed by atoms with Gasteiger partial charge in [0.2, 0.25) is 0 Å². The first kappa shape index (κ1) is 10.3. The first-order valence-electron chi connectivity index (χ1n) is 5.60. The minimum absolute atomic E-state index is 0.717. The van der Waals surface area contributed by atoms with Gasteiger partial charge in [-0.2, -0.15) is 0 Å². The molecular formula is C14H17O. The van der Waals surface area contributed by atoms with Crippen LogP contribution in [0, 0.1) is 6.92 Å². The molecule has 0 aliphatic carbocycles. The van der Waals surface area contributed by atoms with Crippen LogP contribution in [0.25, 0.3) is 5.57 Å². The molecule has 1 heterocycles. The third kappa shape index (κ3) is 2.41. The topological polar surface area (TPSA) is 9.23 Å². The minimum atomic E-state index is 0.717. The van der Waals surface area contributed by atoms with Crippen LogP contribution >= 0.6 is 0 Å². The Morgan fingerprint density at radius 1 is 1.20 bits per heavy atom. The molecule has 1 aliphatic rings. The summed E-state index contributed by atoms with van der Waals surface area (Å²) in [6.45, 7) is 4.58. The first-order chi connectivity index (χ1) is 7.42. The monoisotopic (exact) mass is 201 g/mol. The maximum Gasteiger partial charge on any atom is 0.113 e. The highest BCUT2D eigenvalue weighted by Gasteiger charge is 2.11. The molecule has 0 spiro atoms. The number of benzene rings is 1. The molecule has 0 bridgehead atoms. The Morgan fingerprint density at radius 2 is 2.07 bits per heavy atom. The number of allylic oxidation sites excluding steroid dienone is 1. The van der Waals surface area contributed by atoms with Gasteiger partial charge in [-0.1, -0.05) is 44.0 Å². The van der Waals surface area contributed by atoms with Crippen molar-refractivity contribution in [2.75, 3.05) is 0 Å². The van der Waals surface area contributed by atoms with E-state index < -0.39 is 0 Å². The molecule has 0 saturated heterocycles. The fourth-order valence-electron chi connectivity index (χ4n) is 1.94. The van der Waals surface area contributed by atoms with Crippen LogP contribution in [-0.4, -0.2) is 0 Å². The Morgan fingerprint density at radius 3 is 2.93 bits per heavy atom. The maximum absolute atomic E-state index is 5.46. The van der Waals surface area contributed by atoms with E-state index in [4.69, 9.17) is 4.74 Å². The fourth-order valence-corrected chi connectivity index (χ4v) is 1.94.